The molecule has 0 aromatic heterocycles. The molecule has 28 heavy (non-hydrogen) atoms. The first-order valence-electron chi connectivity index (χ1n) is 11.9. The maximum Gasteiger partial charge on any atom is 0.0614 e. The Balaban J connectivity index is 2.34. The maximum atomic E-state index is 5.77. The van der Waals surface area contributed by atoms with Gasteiger partial charge < -0.3 is 15.2 Å². The van der Waals surface area contributed by atoms with Crippen LogP contribution in [0.5, 0.6) is 0 Å². The molecule has 0 aromatic rings. The third kappa shape index (κ3) is 9.59. The van der Waals surface area contributed by atoms with Crippen molar-refractivity contribution in [3.63, 3.8) is 0 Å². The summed E-state index contributed by atoms with van der Waals surface area (Å²) in [5.41, 5.74) is 6.52. The molecule has 0 amide bonds. The predicted molar refractivity (Wildman–Crippen MR) is 122 cm³/mol. The van der Waals surface area contributed by atoms with Crippen LogP contribution >= 0.6 is 0 Å². The molecule has 0 spiro atoms. The Labute approximate surface area is 176 Å². The molecule has 0 radical (unpaired) electrons. The van der Waals surface area contributed by atoms with Crippen LogP contribution in [-0.2, 0) is 9.47 Å². The lowest BCUT2D eigenvalue weighted by Gasteiger charge is -2.43. The zero-order chi connectivity index (χ0) is 21.2. The van der Waals surface area contributed by atoms with Gasteiger partial charge in [-0.1, -0.05) is 66.7 Å². The van der Waals surface area contributed by atoms with Crippen LogP contribution in [0.4, 0.5) is 0 Å². The van der Waals surface area contributed by atoms with Crippen LogP contribution in [0, 0.1) is 28.6 Å². The van der Waals surface area contributed by atoms with E-state index in [1.165, 1.54) is 51.4 Å². The van der Waals surface area contributed by atoms with E-state index >= 15 is 0 Å². The highest BCUT2D eigenvalue weighted by Crippen LogP contribution is 2.46. The van der Waals surface area contributed by atoms with Crippen LogP contribution in [0.15, 0.2) is 0 Å². The second kappa shape index (κ2) is 12.5. The van der Waals surface area contributed by atoms with Crippen molar-refractivity contribution in [2.24, 2.45) is 34.3 Å². The van der Waals surface area contributed by atoms with Crippen LogP contribution in [0.3, 0.4) is 0 Å². The van der Waals surface area contributed by atoms with E-state index in [9.17, 15) is 0 Å². The second-order valence-electron chi connectivity index (χ2n) is 11.1. The number of hydrogen-bond donors (Lipinski definition) is 1. The van der Waals surface area contributed by atoms with E-state index in [4.69, 9.17) is 15.2 Å². The maximum absolute atomic E-state index is 5.77. The van der Waals surface area contributed by atoms with E-state index < -0.39 is 0 Å². The fourth-order valence-electron chi connectivity index (χ4n) is 5.40. The fourth-order valence-corrected chi connectivity index (χ4v) is 5.40. The molecule has 0 aliphatic heterocycles. The minimum absolute atomic E-state index is 0.117. The summed E-state index contributed by atoms with van der Waals surface area (Å²) in [6, 6.07) is 0.117. The lowest BCUT2D eigenvalue weighted by molar-refractivity contribution is 0.0371. The molecule has 0 bridgehead atoms. The molecule has 3 nitrogen and oxygen atoms in total. The van der Waals surface area contributed by atoms with Gasteiger partial charge >= 0.3 is 0 Å². The summed E-state index contributed by atoms with van der Waals surface area (Å²) in [4.78, 5) is 0. The Morgan fingerprint density at radius 1 is 1.18 bits per heavy atom. The lowest BCUT2D eigenvalue weighted by Crippen LogP contribution is -2.33. The molecule has 1 aliphatic carbocycles. The summed E-state index contributed by atoms with van der Waals surface area (Å²) in [6.07, 6.45) is 12.0. The summed E-state index contributed by atoms with van der Waals surface area (Å²) in [5, 5.41) is 0. The van der Waals surface area contributed by atoms with Crippen LogP contribution in [-0.4, -0.2) is 33.0 Å². The van der Waals surface area contributed by atoms with Gasteiger partial charge in [0.05, 0.1) is 13.2 Å². The van der Waals surface area contributed by atoms with Gasteiger partial charge in [0.2, 0.25) is 0 Å². The molecule has 3 heteroatoms. The Bertz CT molecular complexity index is 409. The highest BCUT2D eigenvalue weighted by atomic mass is 16.5. The minimum atomic E-state index is 0.117. The van der Waals surface area contributed by atoms with Crippen molar-refractivity contribution in [1.82, 2.24) is 0 Å². The normalized spacial score (nSPS) is 26.6. The van der Waals surface area contributed by atoms with Gasteiger partial charge in [0.1, 0.15) is 0 Å². The zero-order valence-electron chi connectivity index (χ0n) is 20.2. The van der Waals surface area contributed by atoms with E-state index in [-0.39, 0.29) is 11.5 Å². The molecule has 1 rings (SSSR count). The van der Waals surface area contributed by atoms with Crippen molar-refractivity contribution in [2.45, 2.75) is 105 Å². The van der Waals surface area contributed by atoms with Gasteiger partial charge in [-0.25, -0.2) is 0 Å². The van der Waals surface area contributed by atoms with Gasteiger partial charge in [-0.15, -0.1) is 0 Å². The van der Waals surface area contributed by atoms with Gasteiger partial charge in [0.15, 0.2) is 0 Å². The largest absolute Gasteiger partial charge is 0.384 e. The molecule has 168 valence electrons. The molecule has 1 fully saturated rings. The number of nitrogens with two attached hydrogens (primary N) is 1. The van der Waals surface area contributed by atoms with Crippen molar-refractivity contribution in [3.05, 3.63) is 0 Å². The summed E-state index contributed by atoms with van der Waals surface area (Å²) >= 11 is 0. The van der Waals surface area contributed by atoms with Crippen LogP contribution < -0.4 is 5.73 Å². The number of methoxy groups -OCH3 is 1. The molecule has 1 aliphatic rings. The van der Waals surface area contributed by atoms with Gasteiger partial charge in [0, 0.05) is 19.8 Å². The number of hydrogen-bond acceptors (Lipinski definition) is 3. The molecule has 2 N–H and O–H groups in total. The molecular weight excluding hydrogens is 346 g/mol. The Hall–Kier alpha value is -0.120. The van der Waals surface area contributed by atoms with Gasteiger partial charge in [-0.05, 0) is 61.2 Å². The summed E-state index contributed by atoms with van der Waals surface area (Å²) in [7, 11) is 1.82. The SMILES string of the molecule is COC[C@@](C)(CCCC(C)CCC1C(C)CCCC1(C)C)CCOC[C@@H](C)N. The van der Waals surface area contributed by atoms with E-state index in [1.807, 2.05) is 14.0 Å². The monoisotopic (exact) mass is 397 g/mol. The lowest BCUT2D eigenvalue weighted by atomic mass is 9.62. The highest BCUT2D eigenvalue weighted by molar-refractivity contribution is 4.86. The highest BCUT2D eigenvalue weighted by Gasteiger charge is 2.36. The van der Waals surface area contributed by atoms with Crippen molar-refractivity contribution in [2.75, 3.05) is 26.9 Å². The first kappa shape index (κ1) is 25.9. The average molecular weight is 398 g/mol. The predicted octanol–water partition coefficient (Wildman–Crippen LogP) is 6.44. The standard InChI is InChI=1S/C25H51NO2/c1-20(12-13-23-21(2)11-9-14-24(23,4)5)10-8-15-25(6,19-27-7)16-17-28-18-22(3)26/h20-23H,8-19,26H2,1-7H3/t20?,21?,22-,23?,25+/m1/s1. The minimum Gasteiger partial charge on any atom is -0.384 e. The van der Waals surface area contributed by atoms with Gasteiger partial charge in [-0.2, -0.15) is 0 Å². The molecule has 3 unspecified atom stereocenters. The molecule has 5 atom stereocenters. The Morgan fingerprint density at radius 3 is 2.50 bits per heavy atom. The van der Waals surface area contributed by atoms with Crippen molar-refractivity contribution >= 4 is 0 Å². The van der Waals surface area contributed by atoms with Crippen LogP contribution in [0.25, 0.3) is 0 Å². The third-order valence-electron chi connectivity index (χ3n) is 7.34. The van der Waals surface area contributed by atoms with Gasteiger partial charge in [-0.3, -0.25) is 0 Å². The van der Waals surface area contributed by atoms with E-state index in [0.29, 0.717) is 12.0 Å². The van der Waals surface area contributed by atoms with Crippen LogP contribution in [0.1, 0.15) is 99.3 Å². The summed E-state index contributed by atoms with van der Waals surface area (Å²) in [6.45, 7) is 16.5. The first-order valence-corrected chi connectivity index (χ1v) is 11.9. The summed E-state index contributed by atoms with van der Waals surface area (Å²) < 4.78 is 11.2. The Kier molecular flexibility index (Phi) is 11.6. The third-order valence-corrected chi connectivity index (χ3v) is 7.34. The van der Waals surface area contributed by atoms with E-state index in [1.54, 1.807) is 0 Å². The van der Waals surface area contributed by atoms with Crippen molar-refractivity contribution in [3.8, 4) is 0 Å². The molecule has 0 saturated heterocycles. The van der Waals surface area contributed by atoms with E-state index in [2.05, 4.69) is 34.6 Å². The smallest absolute Gasteiger partial charge is 0.0614 e. The number of rotatable bonds is 14. The van der Waals surface area contributed by atoms with Gasteiger partial charge in [0.25, 0.3) is 0 Å². The van der Waals surface area contributed by atoms with Crippen LogP contribution in [0.2, 0.25) is 0 Å². The molecule has 0 heterocycles. The summed E-state index contributed by atoms with van der Waals surface area (Å²) in [5.74, 6) is 2.63. The fraction of sp³-hybridized carbons (Fsp3) is 1.00. The average Bonchev–Trinajstić information content (AvgIpc) is 2.58. The molecule has 0 aromatic carbocycles. The Morgan fingerprint density at radius 2 is 1.89 bits per heavy atom. The number of ether oxygens (including phenoxy) is 2. The first-order chi connectivity index (χ1) is 13.1. The van der Waals surface area contributed by atoms with Crippen molar-refractivity contribution in [1.29, 1.82) is 0 Å². The second-order valence-corrected chi connectivity index (χ2v) is 11.1. The topological polar surface area (TPSA) is 44.5 Å². The zero-order valence-corrected chi connectivity index (χ0v) is 20.2. The van der Waals surface area contributed by atoms with E-state index in [0.717, 1.165) is 37.4 Å². The van der Waals surface area contributed by atoms with Crippen molar-refractivity contribution < 1.29 is 9.47 Å². The molecular formula is C25H51NO2. The quantitative estimate of drug-likeness (QED) is 0.343. The molecule has 1 saturated carbocycles.